The molecule has 0 amide bonds. The molecule has 0 atom stereocenters. The van der Waals surface area contributed by atoms with Crippen molar-refractivity contribution in [2.45, 2.75) is 20.8 Å². The number of hydrogen-bond donors (Lipinski definition) is 1. The van der Waals surface area contributed by atoms with Crippen LogP contribution in [0.1, 0.15) is 18.4 Å². The van der Waals surface area contributed by atoms with Crippen molar-refractivity contribution < 1.29 is 19.0 Å². The SMILES string of the molecule is CCOc1cc(-c2ccc(O)cc2)cc(=Nc2ccc(OC)cc2)c2c(C)oc(C)c12. The first-order valence-electron chi connectivity index (χ1n) is 10.2. The molecular weight excluding hydrogens is 390 g/mol. The highest BCUT2D eigenvalue weighted by atomic mass is 16.5. The molecule has 0 aliphatic rings. The maximum atomic E-state index is 9.71. The minimum atomic E-state index is 0.224. The topological polar surface area (TPSA) is 64.2 Å². The second kappa shape index (κ2) is 8.56. The van der Waals surface area contributed by atoms with Gasteiger partial charge < -0.3 is 19.0 Å². The van der Waals surface area contributed by atoms with Gasteiger partial charge in [-0.15, -0.1) is 0 Å². The van der Waals surface area contributed by atoms with Gasteiger partial charge in [-0.3, -0.25) is 0 Å². The van der Waals surface area contributed by atoms with Crippen molar-refractivity contribution in [3.63, 3.8) is 0 Å². The minimum absolute atomic E-state index is 0.224. The Kier molecular flexibility index (Phi) is 5.67. The van der Waals surface area contributed by atoms with E-state index >= 15 is 0 Å². The zero-order chi connectivity index (χ0) is 22.0. The zero-order valence-electron chi connectivity index (χ0n) is 18.1. The summed E-state index contributed by atoms with van der Waals surface area (Å²) in [6.45, 7) is 6.38. The molecule has 5 heteroatoms. The van der Waals surface area contributed by atoms with E-state index in [0.29, 0.717) is 6.61 Å². The van der Waals surface area contributed by atoms with Crippen LogP contribution in [0.5, 0.6) is 17.2 Å². The van der Waals surface area contributed by atoms with E-state index in [0.717, 1.165) is 56.0 Å². The Morgan fingerprint density at radius 3 is 2.19 bits per heavy atom. The van der Waals surface area contributed by atoms with Crippen LogP contribution in [-0.4, -0.2) is 18.8 Å². The van der Waals surface area contributed by atoms with Gasteiger partial charge in [0.05, 0.1) is 35.5 Å². The molecule has 0 fully saturated rings. The van der Waals surface area contributed by atoms with Crippen LogP contribution in [0.25, 0.3) is 21.9 Å². The molecule has 1 heterocycles. The van der Waals surface area contributed by atoms with Crippen molar-refractivity contribution in [3.05, 3.63) is 77.5 Å². The molecule has 0 spiro atoms. The third kappa shape index (κ3) is 4.12. The molecule has 0 radical (unpaired) electrons. The number of fused-ring (bicyclic) bond motifs is 1. The summed E-state index contributed by atoms with van der Waals surface area (Å²) >= 11 is 0. The Hall–Kier alpha value is -3.73. The van der Waals surface area contributed by atoms with Crippen LogP contribution < -0.4 is 14.8 Å². The van der Waals surface area contributed by atoms with E-state index in [1.54, 1.807) is 19.2 Å². The fraction of sp³-hybridized carbons (Fsp3) is 0.192. The Labute approximate surface area is 181 Å². The first kappa shape index (κ1) is 20.5. The van der Waals surface area contributed by atoms with Gasteiger partial charge in [0.1, 0.15) is 28.8 Å². The zero-order valence-corrected chi connectivity index (χ0v) is 18.1. The highest BCUT2D eigenvalue weighted by Crippen LogP contribution is 2.34. The first-order chi connectivity index (χ1) is 15.0. The molecule has 0 saturated heterocycles. The van der Waals surface area contributed by atoms with E-state index in [2.05, 4.69) is 0 Å². The van der Waals surface area contributed by atoms with E-state index in [-0.39, 0.29) is 5.75 Å². The number of ether oxygens (including phenoxy) is 2. The third-order valence-electron chi connectivity index (χ3n) is 5.16. The number of furan rings is 1. The molecule has 0 saturated carbocycles. The van der Waals surface area contributed by atoms with E-state index in [1.807, 2.05) is 69.3 Å². The van der Waals surface area contributed by atoms with Gasteiger partial charge in [-0.25, -0.2) is 4.99 Å². The van der Waals surface area contributed by atoms with Gasteiger partial charge in [0, 0.05) is 0 Å². The quantitative estimate of drug-likeness (QED) is 0.430. The van der Waals surface area contributed by atoms with Gasteiger partial charge in [0.25, 0.3) is 0 Å². The summed E-state index contributed by atoms with van der Waals surface area (Å²) in [5.74, 6) is 3.32. The molecule has 5 nitrogen and oxygen atoms in total. The number of rotatable bonds is 5. The molecule has 3 aromatic carbocycles. The molecule has 0 unspecified atom stereocenters. The summed E-state index contributed by atoms with van der Waals surface area (Å²) in [5.41, 5.74) is 2.70. The smallest absolute Gasteiger partial charge is 0.131 e. The van der Waals surface area contributed by atoms with E-state index in [1.165, 1.54) is 0 Å². The van der Waals surface area contributed by atoms with Crippen LogP contribution in [0, 0.1) is 13.8 Å². The molecule has 1 N–H and O–H groups in total. The predicted octanol–water partition coefficient (Wildman–Crippen LogP) is 6.06. The van der Waals surface area contributed by atoms with Crippen molar-refractivity contribution >= 4 is 16.5 Å². The van der Waals surface area contributed by atoms with E-state index in [4.69, 9.17) is 18.9 Å². The molecule has 1 aromatic heterocycles. The number of aromatic hydroxyl groups is 1. The summed E-state index contributed by atoms with van der Waals surface area (Å²) in [6, 6.07) is 18.8. The number of nitrogens with zero attached hydrogens (tertiary/aromatic N) is 1. The Balaban J connectivity index is 2.08. The number of benzene rings is 2. The normalized spacial score (nSPS) is 11.7. The molecule has 158 valence electrons. The van der Waals surface area contributed by atoms with Crippen LogP contribution >= 0.6 is 0 Å². The number of methoxy groups -OCH3 is 1. The Bertz CT molecular complexity index is 1290. The van der Waals surface area contributed by atoms with Crippen LogP contribution in [0.2, 0.25) is 0 Å². The van der Waals surface area contributed by atoms with Crippen LogP contribution in [-0.2, 0) is 0 Å². The number of phenolic OH excluding ortho intramolecular Hbond substituents is 1. The maximum Gasteiger partial charge on any atom is 0.131 e. The molecular formula is C26H25NO4. The summed E-state index contributed by atoms with van der Waals surface area (Å²) in [6.07, 6.45) is 0. The average molecular weight is 415 g/mol. The lowest BCUT2D eigenvalue weighted by Crippen LogP contribution is -2.00. The van der Waals surface area contributed by atoms with Crippen molar-refractivity contribution in [2.75, 3.05) is 13.7 Å². The summed E-state index contributed by atoms with van der Waals surface area (Å²) < 4.78 is 17.3. The molecule has 0 aliphatic carbocycles. The van der Waals surface area contributed by atoms with Gasteiger partial charge in [0.15, 0.2) is 0 Å². The molecule has 0 bridgehead atoms. The van der Waals surface area contributed by atoms with Crippen molar-refractivity contribution in [1.82, 2.24) is 0 Å². The molecule has 4 rings (SSSR count). The van der Waals surface area contributed by atoms with Gasteiger partial charge >= 0.3 is 0 Å². The van der Waals surface area contributed by atoms with Crippen molar-refractivity contribution in [1.29, 1.82) is 0 Å². The van der Waals surface area contributed by atoms with Crippen LogP contribution in [0.4, 0.5) is 5.69 Å². The van der Waals surface area contributed by atoms with Crippen molar-refractivity contribution in [2.24, 2.45) is 4.99 Å². The van der Waals surface area contributed by atoms with Gasteiger partial charge in [-0.1, -0.05) is 12.1 Å². The standard InChI is InChI=1S/C26H25NO4/c1-5-30-24-15-19(18-6-10-21(28)11-7-18)14-23(25-16(2)31-17(3)26(24)25)27-20-8-12-22(29-4)13-9-20/h6-15,28H,5H2,1-4H3. The van der Waals surface area contributed by atoms with Gasteiger partial charge in [-0.2, -0.15) is 0 Å². The molecule has 0 aliphatic heterocycles. The Morgan fingerprint density at radius 1 is 0.871 bits per heavy atom. The lowest BCUT2D eigenvalue weighted by molar-refractivity contribution is 0.344. The summed E-state index contributed by atoms with van der Waals surface area (Å²) in [7, 11) is 1.64. The number of hydrogen-bond acceptors (Lipinski definition) is 5. The highest BCUT2D eigenvalue weighted by Gasteiger charge is 2.15. The number of aryl methyl sites for hydroxylation is 2. The van der Waals surface area contributed by atoms with Crippen LogP contribution in [0.15, 0.2) is 70.1 Å². The third-order valence-corrected chi connectivity index (χ3v) is 5.16. The fourth-order valence-corrected chi connectivity index (χ4v) is 3.74. The monoisotopic (exact) mass is 415 g/mol. The second-order valence-corrected chi connectivity index (χ2v) is 7.25. The average Bonchev–Trinajstić information content (AvgIpc) is 2.96. The van der Waals surface area contributed by atoms with E-state index < -0.39 is 0 Å². The first-order valence-corrected chi connectivity index (χ1v) is 10.2. The predicted molar refractivity (Wildman–Crippen MR) is 122 cm³/mol. The lowest BCUT2D eigenvalue weighted by Gasteiger charge is -2.04. The van der Waals surface area contributed by atoms with Crippen molar-refractivity contribution in [3.8, 4) is 28.4 Å². The lowest BCUT2D eigenvalue weighted by atomic mass is 10.1. The fourth-order valence-electron chi connectivity index (χ4n) is 3.74. The van der Waals surface area contributed by atoms with E-state index in [9.17, 15) is 5.11 Å². The van der Waals surface area contributed by atoms with Crippen LogP contribution in [0.3, 0.4) is 0 Å². The Morgan fingerprint density at radius 2 is 1.55 bits per heavy atom. The summed E-state index contributed by atoms with van der Waals surface area (Å²) in [4.78, 5) is 4.94. The maximum absolute atomic E-state index is 9.71. The molecule has 4 aromatic rings. The second-order valence-electron chi connectivity index (χ2n) is 7.25. The van der Waals surface area contributed by atoms with Gasteiger partial charge in [0.2, 0.25) is 0 Å². The summed E-state index contributed by atoms with van der Waals surface area (Å²) in [5, 5.41) is 12.3. The minimum Gasteiger partial charge on any atom is -0.508 e. The number of phenols is 1. The largest absolute Gasteiger partial charge is 0.508 e. The van der Waals surface area contributed by atoms with Gasteiger partial charge in [-0.05, 0) is 80.4 Å². The molecule has 31 heavy (non-hydrogen) atoms. The highest BCUT2D eigenvalue weighted by molar-refractivity contribution is 5.93.